The van der Waals surface area contributed by atoms with E-state index in [-0.39, 0.29) is 30.5 Å². The summed E-state index contributed by atoms with van der Waals surface area (Å²) in [7, 11) is 0. The Balaban J connectivity index is 1.53. The molecule has 132 valence electrons. The number of carbonyl (C=O) groups excluding carboxylic acids is 2. The lowest BCUT2D eigenvalue weighted by Gasteiger charge is -2.17. The van der Waals surface area contributed by atoms with Crippen LogP contribution in [0.25, 0.3) is 10.9 Å². The van der Waals surface area contributed by atoms with Gasteiger partial charge in [-0.15, -0.1) is 0 Å². The van der Waals surface area contributed by atoms with Crippen LogP contribution in [0.15, 0.2) is 48.7 Å². The molecule has 2 heterocycles. The Morgan fingerprint density at radius 1 is 1.19 bits per heavy atom. The van der Waals surface area contributed by atoms with Crippen LogP contribution < -0.4 is 10.2 Å². The predicted molar refractivity (Wildman–Crippen MR) is 93.7 cm³/mol. The van der Waals surface area contributed by atoms with Crippen LogP contribution in [0.4, 0.5) is 20.2 Å². The number of rotatable bonds is 3. The maximum Gasteiger partial charge on any atom is 0.229 e. The number of nitrogens with zero attached hydrogens (tertiary/aromatic N) is 1. The van der Waals surface area contributed by atoms with Gasteiger partial charge in [0.25, 0.3) is 0 Å². The first-order chi connectivity index (χ1) is 12.5. The SMILES string of the molecule is O=C(Nc1cccc2[nH]ccc12)C1CC(=O)N(c2ccc(F)cc2F)C1. The van der Waals surface area contributed by atoms with Crippen LogP contribution in [-0.2, 0) is 9.59 Å². The van der Waals surface area contributed by atoms with Gasteiger partial charge in [0.2, 0.25) is 11.8 Å². The van der Waals surface area contributed by atoms with Gasteiger partial charge in [-0.1, -0.05) is 6.07 Å². The van der Waals surface area contributed by atoms with Crippen LogP contribution in [-0.4, -0.2) is 23.3 Å². The van der Waals surface area contributed by atoms with Gasteiger partial charge in [0.1, 0.15) is 11.6 Å². The number of aromatic nitrogens is 1. The van der Waals surface area contributed by atoms with Crippen LogP contribution in [0.1, 0.15) is 6.42 Å². The standard InChI is InChI=1S/C19H15F2N3O2/c20-12-4-5-17(14(21)9-12)24-10-11(8-18(24)25)19(26)23-16-3-1-2-15-13(16)6-7-22-15/h1-7,9,11,22H,8,10H2,(H,23,26). The van der Waals surface area contributed by atoms with E-state index >= 15 is 0 Å². The highest BCUT2D eigenvalue weighted by Gasteiger charge is 2.36. The fourth-order valence-electron chi connectivity index (χ4n) is 3.25. The summed E-state index contributed by atoms with van der Waals surface area (Å²) in [6, 6.07) is 10.4. The number of nitrogens with one attached hydrogen (secondary N) is 2. The third-order valence-electron chi connectivity index (χ3n) is 4.55. The minimum atomic E-state index is -0.823. The highest BCUT2D eigenvalue weighted by molar-refractivity contribution is 6.06. The molecule has 1 aliphatic rings. The number of anilines is 2. The number of amides is 2. The molecule has 1 aromatic heterocycles. The van der Waals surface area contributed by atoms with Crippen LogP contribution in [0, 0.1) is 17.6 Å². The minimum Gasteiger partial charge on any atom is -0.361 e. The van der Waals surface area contributed by atoms with E-state index < -0.39 is 17.6 Å². The second-order valence-corrected chi connectivity index (χ2v) is 6.23. The van der Waals surface area contributed by atoms with Crippen molar-refractivity contribution < 1.29 is 18.4 Å². The molecular weight excluding hydrogens is 340 g/mol. The highest BCUT2D eigenvalue weighted by atomic mass is 19.1. The lowest BCUT2D eigenvalue weighted by Crippen LogP contribution is -2.28. The first kappa shape index (κ1) is 16.3. The molecule has 1 unspecified atom stereocenters. The zero-order valence-electron chi connectivity index (χ0n) is 13.6. The molecule has 2 amide bonds. The lowest BCUT2D eigenvalue weighted by atomic mass is 10.1. The molecule has 2 aromatic carbocycles. The molecule has 1 saturated heterocycles. The van der Waals surface area contributed by atoms with E-state index in [1.165, 1.54) is 11.0 Å². The molecule has 0 spiro atoms. The number of benzene rings is 2. The summed E-state index contributed by atoms with van der Waals surface area (Å²) in [5, 5.41) is 3.70. The van der Waals surface area contributed by atoms with Crippen molar-refractivity contribution in [2.75, 3.05) is 16.8 Å². The van der Waals surface area contributed by atoms with Gasteiger partial charge in [-0.3, -0.25) is 9.59 Å². The first-order valence-electron chi connectivity index (χ1n) is 8.15. The lowest BCUT2D eigenvalue weighted by molar-refractivity contribution is -0.122. The predicted octanol–water partition coefficient (Wildman–Crippen LogP) is 3.44. The maximum absolute atomic E-state index is 14.0. The Kier molecular flexibility index (Phi) is 3.91. The molecule has 26 heavy (non-hydrogen) atoms. The molecule has 5 nitrogen and oxygen atoms in total. The van der Waals surface area contributed by atoms with Crippen LogP contribution in [0.5, 0.6) is 0 Å². The van der Waals surface area contributed by atoms with E-state index in [2.05, 4.69) is 10.3 Å². The van der Waals surface area contributed by atoms with Crippen molar-refractivity contribution in [2.45, 2.75) is 6.42 Å². The number of fused-ring (bicyclic) bond motifs is 1. The number of halogens is 2. The summed E-state index contributed by atoms with van der Waals surface area (Å²) in [4.78, 5) is 29.1. The first-order valence-corrected chi connectivity index (χ1v) is 8.15. The average Bonchev–Trinajstić information content (AvgIpc) is 3.22. The van der Waals surface area contributed by atoms with Gasteiger partial charge in [0.05, 0.1) is 17.3 Å². The zero-order chi connectivity index (χ0) is 18.3. The number of hydrogen-bond donors (Lipinski definition) is 2. The van der Waals surface area contributed by atoms with E-state index in [4.69, 9.17) is 0 Å². The van der Waals surface area contributed by atoms with Crippen molar-refractivity contribution in [2.24, 2.45) is 5.92 Å². The molecule has 4 rings (SSSR count). The van der Waals surface area contributed by atoms with Crippen LogP contribution in [0.3, 0.4) is 0 Å². The van der Waals surface area contributed by atoms with E-state index in [1.807, 2.05) is 18.2 Å². The van der Waals surface area contributed by atoms with E-state index in [1.54, 1.807) is 12.3 Å². The van der Waals surface area contributed by atoms with Crippen molar-refractivity contribution >= 4 is 34.1 Å². The molecule has 7 heteroatoms. The molecule has 1 atom stereocenters. The van der Waals surface area contributed by atoms with Gasteiger partial charge in [-0.25, -0.2) is 8.78 Å². The van der Waals surface area contributed by atoms with E-state index in [9.17, 15) is 18.4 Å². The number of hydrogen-bond acceptors (Lipinski definition) is 2. The van der Waals surface area contributed by atoms with Crippen molar-refractivity contribution in [1.82, 2.24) is 4.98 Å². The van der Waals surface area contributed by atoms with Crippen molar-refractivity contribution in [3.63, 3.8) is 0 Å². The highest BCUT2D eigenvalue weighted by Crippen LogP contribution is 2.29. The summed E-state index contributed by atoms with van der Waals surface area (Å²) < 4.78 is 27.0. The number of H-pyrrole nitrogens is 1. The normalized spacial score (nSPS) is 17.1. The Labute approximate surface area is 147 Å². The number of aromatic amines is 1. The molecule has 2 N–H and O–H groups in total. The van der Waals surface area contributed by atoms with Gasteiger partial charge in [0, 0.05) is 36.1 Å². The smallest absolute Gasteiger partial charge is 0.229 e. The third kappa shape index (κ3) is 2.81. The molecule has 0 saturated carbocycles. The van der Waals surface area contributed by atoms with Crippen molar-refractivity contribution in [3.8, 4) is 0 Å². The van der Waals surface area contributed by atoms with Crippen molar-refractivity contribution in [1.29, 1.82) is 0 Å². The Hall–Kier alpha value is -3.22. The van der Waals surface area contributed by atoms with E-state index in [0.29, 0.717) is 5.69 Å². The van der Waals surface area contributed by atoms with E-state index in [0.717, 1.165) is 23.0 Å². The van der Waals surface area contributed by atoms with Gasteiger partial charge in [-0.2, -0.15) is 0 Å². The third-order valence-corrected chi connectivity index (χ3v) is 4.55. The van der Waals surface area contributed by atoms with Gasteiger partial charge < -0.3 is 15.2 Å². The molecule has 1 aliphatic heterocycles. The summed E-state index contributed by atoms with van der Waals surface area (Å²) in [5.41, 5.74) is 1.52. The quantitative estimate of drug-likeness (QED) is 0.756. The fourth-order valence-corrected chi connectivity index (χ4v) is 3.25. The molecule has 1 fully saturated rings. The summed E-state index contributed by atoms with van der Waals surface area (Å²) in [6.45, 7) is 0.0519. The second kappa shape index (κ2) is 6.25. The molecule has 0 radical (unpaired) electrons. The summed E-state index contributed by atoms with van der Waals surface area (Å²) in [5.74, 6) is -2.82. The summed E-state index contributed by atoms with van der Waals surface area (Å²) in [6.07, 6.45) is 1.75. The summed E-state index contributed by atoms with van der Waals surface area (Å²) >= 11 is 0. The Bertz CT molecular complexity index is 1010. The monoisotopic (exact) mass is 355 g/mol. The topological polar surface area (TPSA) is 65.2 Å². The number of carbonyl (C=O) groups is 2. The largest absolute Gasteiger partial charge is 0.361 e. The van der Waals surface area contributed by atoms with Gasteiger partial charge in [-0.05, 0) is 30.3 Å². The molecular formula is C19H15F2N3O2. The van der Waals surface area contributed by atoms with Crippen LogP contribution in [0.2, 0.25) is 0 Å². The van der Waals surface area contributed by atoms with Crippen LogP contribution >= 0.6 is 0 Å². The van der Waals surface area contributed by atoms with Gasteiger partial charge in [0.15, 0.2) is 0 Å². The average molecular weight is 355 g/mol. The molecule has 0 aliphatic carbocycles. The molecule has 3 aromatic rings. The maximum atomic E-state index is 14.0. The van der Waals surface area contributed by atoms with Crippen molar-refractivity contribution in [3.05, 3.63) is 60.3 Å². The Morgan fingerprint density at radius 2 is 2.04 bits per heavy atom. The molecule has 0 bridgehead atoms. The van der Waals surface area contributed by atoms with Gasteiger partial charge >= 0.3 is 0 Å². The zero-order valence-corrected chi connectivity index (χ0v) is 13.6. The Morgan fingerprint density at radius 3 is 2.85 bits per heavy atom. The minimum absolute atomic E-state index is 0.0144. The fraction of sp³-hybridized carbons (Fsp3) is 0.158. The second-order valence-electron chi connectivity index (χ2n) is 6.23.